The number of nitrogens with two attached hydrogens (primary N) is 1. The van der Waals surface area contributed by atoms with Crippen LogP contribution in [0, 0.1) is 13.8 Å². The zero-order chi connectivity index (χ0) is 26.0. The Morgan fingerprint density at radius 3 is 2.74 bits per heavy atom. The lowest BCUT2D eigenvalue weighted by Gasteiger charge is -2.32. The van der Waals surface area contributed by atoms with Crippen LogP contribution in [0.4, 0.5) is 5.82 Å². The van der Waals surface area contributed by atoms with E-state index in [9.17, 15) is 4.79 Å². The number of nitrogens with one attached hydrogen (secondary N) is 1. The smallest absolute Gasteiger partial charge is 0.291 e. The quantitative estimate of drug-likeness (QED) is 0.374. The second-order valence-corrected chi connectivity index (χ2v) is 9.99. The van der Waals surface area contributed by atoms with Crippen molar-refractivity contribution in [3.8, 4) is 11.1 Å². The van der Waals surface area contributed by atoms with Crippen LogP contribution in [0.15, 0.2) is 49.2 Å². The highest BCUT2D eigenvalue weighted by Gasteiger charge is 2.28. The molecule has 6 aromatic rings. The summed E-state index contributed by atoms with van der Waals surface area (Å²) in [6, 6.07) is 8.54. The summed E-state index contributed by atoms with van der Waals surface area (Å²) in [7, 11) is 0. The average molecular weight is 507 g/mol. The van der Waals surface area contributed by atoms with Gasteiger partial charge in [-0.2, -0.15) is 9.61 Å². The first-order chi connectivity index (χ1) is 18.5. The molecular weight excluding hydrogens is 480 g/mol. The third-order valence-electron chi connectivity index (χ3n) is 7.55. The van der Waals surface area contributed by atoms with E-state index in [-0.39, 0.29) is 17.8 Å². The van der Waals surface area contributed by atoms with Gasteiger partial charge in [0.15, 0.2) is 5.65 Å². The molecule has 38 heavy (non-hydrogen) atoms. The van der Waals surface area contributed by atoms with Gasteiger partial charge >= 0.3 is 0 Å². The van der Waals surface area contributed by atoms with Gasteiger partial charge in [0.25, 0.3) is 5.91 Å². The van der Waals surface area contributed by atoms with Gasteiger partial charge in [-0.1, -0.05) is 11.6 Å². The van der Waals surface area contributed by atoms with Crippen molar-refractivity contribution < 1.29 is 4.79 Å². The van der Waals surface area contributed by atoms with Crippen LogP contribution in [0.3, 0.4) is 0 Å². The first kappa shape index (κ1) is 22.4. The number of likely N-dealkylation sites (tertiary alicyclic amines) is 1. The molecule has 1 fully saturated rings. The second-order valence-electron chi connectivity index (χ2n) is 9.99. The molecule has 7 rings (SSSR count). The number of hydrogen-bond acceptors (Lipinski definition) is 7. The van der Waals surface area contributed by atoms with Crippen LogP contribution in [0.1, 0.15) is 40.6 Å². The highest BCUT2D eigenvalue weighted by molar-refractivity contribution is 5.95. The molecule has 0 aliphatic carbocycles. The maximum Gasteiger partial charge on any atom is 0.291 e. The van der Waals surface area contributed by atoms with E-state index in [1.807, 2.05) is 30.3 Å². The van der Waals surface area contributed by atoms with E-state index >= 15 is 0 Å². The molecular formula is C27H26N10O. The maximum atomic E-state index is 12.7. The fourth-order valence-electron chi connectivity index (χ4n) is 5.59. The zero-order valence-corrected chi connectivity index (χ0v) is 21.1. The lowest BCUT2D eigenvalue weighted by Crippen LogP contribution is -2.39. The molecule has 190 valence electrons. The molecule has 0 atom stereocenters. The number of amides is 1. The number of aromatic nitrogens is 8. The SMILES string of the molecule is Cc1ccc2ncc(-c3cnn4c(N)c5c(C)cn(C6CCN(C(=O)c7nnc[nH]7)CC6)c5nc34)cc2c1. The van der Waals surface area contributed by atoms with Crippen LogP contribution in [0.25, 0.3) is 38.7 Å². The Hall–Kier alpha value is -4.80. The number of nitrogens with zero attached hydrogens (tertiary/aromatic N) is 8. The first-order valence-electron chi connectivity index (χ1n) is 12.6. The van der Waals surface area contributed by atoms with Gasteiger partial charge in [-0.3, -0.25) is 9.78 Å². The van der Waals surface area contributed by atoms with Crippen LogP contribution in [-0.4, -0.2) is 63.2 Å². The number of anilines is 1. The summed E-state index contributed by atoms with van der Waals surface area (Å²) in [5.74, 6) is 0.714. The number of aryl methyl sites for hydroxylation is 2. The number of aromatic amines is 1. The standard InChI is InChI=1S/C27H26N10O/c1-15-3-4-21-17(9-15)10-18(11-29-21)20-12-32-37-23(28)22-16(2)13-36(26(22)33-25(20)37)19-5-7-35(8-6-19)27(38)24-30-14-31-34-24/h3-4,9-14,19H,5-8,28H2,1-2H3,(H,30,31,34). The molecule has 11 heteroatoms. The van der Waals surface area contributed by atoms with Crippen LogP contribution >= 0.6 is 0 Å². The van der Waals surface area contributed by atoms with Gasteiger partial charge in [-0.05, 0) is 50.5 Å². The molecule has 6 heterocycles. The number of benzene rings is 1. The van der Waals surface area contributed by atoms with Gasteiger partial charge in [0, 0.05) is 48.0 Å². The molecule has 1 amide bonds. The number of H-pyrrole nitrogens is 1. The van der Waals surface area contributed by atoms with Crippen molar-refractivity contribution in [1.82, 2.24) is 44.2 Å². The molecule has 0 unspecified atom stereocenters. The normalized spacial score (nSPS) is 14.7. The molecule has 3 N–H and O–H groups in total. The molecule has 1 aromatic carbocycles. The highest BCUT2D eigenvalue weighted by atomic mass is 16.2. The Morgan fingerprint density at radius 1 is 1.11 bits per heavy atom. The fourth-order valence-corrected chi connectivity index (χ4v) is 5.59. The zero-order valence-electron chi connectivity index (χ0n) is 21.1. The van der Waals surface area contributed by atoms with Crippen molar-refractivity contribution in [2.24, 2.45) is 0 Å². The summed E-state index contributed by atoms with van der Waals surface area (Å²) >= 11 is 0. The van der Waals surface area contributed by atoms with Gasteiger partial charge in [-0.25, -0.2) is 4.98 Å². The van der Waals surface area contributed by atoms with Gasteiger partial charge in [0.2, 0.25) is 5.82 Å². The number of hydrogen-bond donors (Lipinski definition) is 2. The van der Waals surface area contributed by atoms with Crippen LogP contribution in [0.2, 0.25) is 0 Å². The Bertz CT molecular complexity index is 1840. The van der Waals surface area contributed by atoms with Crippen molar-refractivity contribution in [2.45, 2.75) is 32.7 Å². The number of carbonyl (C=O) groups excluding carboxylic acids is 1. The van der Waals surface area contributed by atoms with Crippen molar-refractivity contribution >= 4 is 39.3 Å². The summed E-state index contributed by atoms with van der Waals surface area (Å²) in [5.41, 5.74) is 13.2. The molecule has 0 radical (unpaired) electrons. The average Bonchev–Trinajstić information content (AvgIpc) is 3.68. The minimum atomic E-state index is -0.123. The van der Waals surface area contributed by atoms with E-state index < -0.39 is 0 Å². The van der Waals surface area contributed by atoms with Gasteiger partial charge in [-0.15, -0.1) is 10.2 Å². The summed E-state index contributed by atoms with van der Waals surface area (Å²) in [6.07, 6.45) is 8.81. The van der Waals surface area contributed by atoms with Crippen molar-refractivity contribution in [1.29, 1.82) is 0 Å². The fraction of sp³-hybridized carbons (Fsp3) is 0.259. The predicted molar refractivity (Wildman–Crippen MR) is 144 cm³/mol. The van der Waals surface area contributed by atoms with Crippen molar-refractivity contribution in [2.75, 3.05) is 18.8 Å². The Labute approximate surface area is 217 Å². The van der Waals surface area contributed by atoms with Crippen molar-refractivity contribution in [3.05, 3.63) is 66.1 Å². The minimum absolute atomic E-state index is 0.123. The Balaban J connectivity index is 1.28. The van der Waals surface area contributed by atoms with E-state index in [0.29, 0.717) is 24.6 Å². The third kappa shape index (κ3) is 3.42. The number of rotatable bonds is 3. The van der Waals surface area contributed by atoms with Crippen LogP contribution in [-0.2, 0) is 0 Å². The van der Waals surface area contributed by atoms with Gasteiger partial charge in [0.05, 0.1) is 17.1 Å². The largest absolute Gasteiger partial charge is 0.383 e. The molecule has 1 aliphatic heterocycles. The van der Waals surface area contributed by atoms with E-state index in [1.54, 1.807) is 4.52 Å². The minimum Gasteiger partial charge on any atom is -0.383 e. The molecule has 0 saturated carbocycles. The van der Waals surface area contributed by atoms with E-state index in [4.69, 9.17) is 10.7 Å². The lowest BCUT2D eigenvalue weighted by molar-refractivity contribution is 0.0684. The van der Waals surface area contributed by atoms with E-state index in [2.05, 4.69) is 61.2 Å². The maximum absolute atomic E-state index is 12.7. The van der Waals surface area contributed by atoms with Crippen LogP contribution < -0.4 is 5.73 Å². The highest BCUT2D eigenvalue weighted by Crippen LogP contribution is 2.35. The number of piperidine rings is 1. The molecule has 0 spiro atoms. The van der Waals surface area contributed by atoms with Crippen molar-refractivity contribution in [3.63, 3.8) is 0 Å². The monoisotopic (exact) mass is 506 g/mol. The molecule has 1 saturated heterocycles. The summed E-state index contributed by atoms with van der Waals surface area (Å²) < 4.78 is 3.93. The van der Waals surface area contributed by atoms with Crippen LogP contribution in [0.5, 0.6) is 0 Å². The van der Waals surface area contributed by atoms with Gasteiger partial charge < -0.3 is 20.2 Å². The van der Waals surface area contributed by atoms with Gasteiger partial charge in [0.1, 0.15) is 17.8 Å². The summed E-state index contributed by atoms with van der Waals surface area (Å²) in [5, 5.41) is 14.2. The molecule has 1 aliphatic rings. The van der Waals surface area contributed by atoms with E-state index in [0.717, 1.165) is 51.5 Å². The number of pyridine rings is 1. The number of nitrogen functional groups attached to an aromatic ring is 1. The third-order valence-corrected chi connectivity index (χ3v) is 7.55. The summed E-state index contributed by atoms with van der Waals surface area (Å²) in [4.78, 5) is 27.1. The van der Waals surface area contributed by atoms with E-state index in [1.165, 1.54) is 11.9 Å². The predicted octanol–water partition coefficient (Wildman–Crippen LogP) is 3.69. The summed E-state index contributed by atoms with van der Waals surface area (Å²) in [6.45, 7) is 5.37. The number of fused-ring (bicyclic) bond motifs is 3. The number of carbonyl (C=O) groups is 1. The first-order valence-corrected chi connectivity index (χ1v) is 12.6. The topological polar surface area (TPSA) is 136 Å². The molecule has 5 aromatic heterocycles. The second kappa shape index (κ2) is 8.37. The molecule has 0 bridgehead atoms. The lowest BCUT2D eigenvalue weighted by atomic mass is 10.0. The Kier molecular flexibility index (Phi) is 4.93. The Morgan fingerprint density at radius 2 is 1.95 bits per heavy atom. The molecule has 11 nitrogen and oxygen atoms in total.